The maximum absolute atomic E-state index is 12.0. The molecule has 22 heavy (non-hydrogen) atoms. The third-order valence-corrected chi connectivity index (χ3v) is 3.41. The van der Waals surface area contributed by atoms with Gasteiger partial charge in [-0.2, -0.15) is 0 Å². The van der Waals surface area contributed by atoms with Crippen LogP contribution in [0.15, 0.2) is 36.4 Å². The van der Waals surface area contributed by atoms with E-state index in [1.54, 1.807) is 0 Å². The minimum absolute atomic E-state index is 0.0410. The SMILES string of the molecule is Cc1cc(C)n2c(CNC(=O)Cc3ccccc3)nnc2n1. The first-order valence-electron chi connectivity index (χ1n) is 7.12. The van der Waals surface area contributed by atoms with Crippen molar-refractivity contribution >= 4 is 11.7 Å². The third kappa shape index (κ3) is 2.95. The van der Waals surface area contributed by atoms with Crippen molar-refractivity contribution in [3.63, 3.8) is 0 Å². The highest BCUT2D eigenvalue weighted by atomic mass is 16.1. The lowest BCUT2D eigenvalue weighted by Crippen LogP contribution is -2.25. The average molecular weight is 295 g/mol. The van der Waals surface area contributed by atoms with E-state index in [9.17, 15) is 4.79 Å². The molecule has 0 bridgehead atoms. The largest absolute Gasteiger partial charge is 0.348 e. The van der Waals surface area contributed by atoms with Gasteiger partial charge in [0.15, 0.2) is 5.82 Å². The fourth-order valence-electron chi connectivity index (χ4n) is 2.43. The van der Waals surface area contributed by atoms with Gasteiger partial charge in [0.2, 0.25) is 5.91 Å². The Hall–Kier alpha value is -2.76. The van der Waals surface area contributed by atoms with Crippen LogP contribution in [0.5, 0.6) is 0 Å². The molecule has 3 rings (SSSR count). The highest BCUT2D eigenvalue weighted by Gasteiger charge is 2.11. The lowest BCUT2D eigenvalue weighted by atomic mass is 10.1. The van der Waals surface area contributed by atoms with Gasteiger partial charge in [-0.05, 0) is 25.5 Å². The van der Waals surface area contributed by atoms with Gasteiger partial charge in [0, 0.05) is 11.4 Å². The van der Waals surface area contributed by atoms with Gasteiger partial charge in [0.1, 0.15) is 0 Å². The minimum Gasteiger partial charge on any atom is -0.348 e. The average Bonchev–Trinajstić information content (AvgIpc) is 2.89. The number of nitrogens with zero attached hydrogens (tertiary/aromatic N) is 4. The Balaban J connectivity index is 1.70. The van der Waals surface area contributed by atoms with Gasteiger partial charge in [0.05, 0.1) is 13.0 Å². The van der Waals surface area contributed by atoms with E-state index in [0.29, 0.717) is 24.6 Å². The predicted octanol–water partition coefficient (Wildman–Crippen LogP) is 1.60. The molecule has 1 N–H and O–H groups in total. The van der Waals surface area contributed by atoms with Crippen molar-refractivity contribution in [3.8, 4) is 0 Å². The molecule has 0 saturated heterocycles. The van der Waals surface area contributed by atoms with Crippen molar-refractivity contribution in [3.05, 3.63) is 59.2 Å². The van der Waals surface area contributed by atoms with Crippen LogP contribution in [0.25, 0.3) is 5.78 Å². The summed E-state index contributed by atoms with van der Waals surface area (Å²) >= 11 is 0. The van der Waals surface area contributed by atoms with Gasteiger partial charge in [-0.1, -0.05) is 30.3 Å². The second kappa shape index (κ2) is 5.93. The van der Waals surface area contributed by atoms with Crippen LogP contribution >= 0.6 is 0 Å². The maximum atomic E-state index is 12.0. The monoisotopic (exact) mass is 295 g/mol. The van der Waals surface area contributed by atoms with E-state index in [1.807, 2.05) is 54.6 Å². The summed E-state index contributed by atoms with van der Waals surface area (Å²) in [6.45, 7) is 4.22. The van der Waals surface area contributed by atoms with Crippen molar-refractivity contribution in [2.45, 2.75) is 26.8 Å². The summed E-state index contributed by atoms with van der Waals surface area (Å²) in [5.74, 6) is 1.20. The molecule has 0 saturated carbocycles. The van der Waals surface area contributed by atoms with Crippen LogP contribution in [0.3, 0.4) is 0 Å². The zero-order valence-corrected chi connectivity index (χ0v) is 12.6. The second-order valence-electron chi connectivity index (χ2n) is 5.23. The minimum atomic E-state index is -0.0410. The van der Waals surface area contributed by atoms with Gasteiger partial charge in [-0.25, -0.2) is 4.98 Å². The number of nitrogens with one attached hydrogen (secondary N) is 1. The molecule has 2 heterocycles. The summed E-state index contributed by atoms with van der Waals surface area (Å²) in [6.07, 6.45) is 0.355. The number of rotatable bonds is 4. The first-order valence-corrected chi connectivity index (χ1v) is 7.12. The second-order valence-corrected chi connectivity index (χ2v) is 5.23. The molecule has 0 aliphatic carbocycles. The van der Waals surface area contributed by atoms with Crippen LogP contribution in [-0.4, -0.2) is 25.5 Å². The lowest BCUT2D eigenvalue weighted by molar-refractivity contribution is -0.120. The van der Waals surface area contributed by atoms with E-state index in [4.69, 9.17) is 0 Å². The lowest BCUT2D eigenvalue weighted by Gasteiger charge is -2.06. The molecule has 0 aliphatic rings. The topological polar surface area (TPSA) is 72.2 Å². The van der Waals surface area contributed by atoms with Gasteiger partial charge in [-0.3, -0.25) is 9.20 Å². The quantitative estimate of drug-likeness (QED) is 0.793. The smallest absolute Gasteiger partial charge is 0.255 e. The van der Waals surface area contributed by atoms with Gasteiger partial charge < -0.3 is 5.32 Å². The molecular formula is C16H17N5O. The highest BCUT2D eigenvalue weighted by molar-refractivity contribution is 5.78. The Kier molecular flexibility index (Phi) is 3.82. The predicted molar refractivity (Wildman–Crippen MR) is 82.2 cm³/mol. The van der Waals surface area contributed by atoms with Crippen molar-refractivity contribution in [1.29, 1.82) is 0 Å². The van der Waals surface area contributed by atoms with Crippen molar-refractivity contribution in [2.24, 2.45) is 0 Å². The Morgan fingerprint density at radius 2 is 1.95 bits per heavy atom. The summed E-state index contributed by atoms with van der Waals surface area (Å²) in [7, 11) is 0. The van der Waals surface area contributed by atoms with Crippen LogP contribution < -0.4 is 5.32 Å². The van der Waals surface area contributed by atoms with Crippen LogP contribution in [0, 0.1) is 13.8 Å². The van der Waals surface area contributed by atoms with Crippen LogP contribution in [0.1, 0.15) is 22.8 Å². The van der Waals surface area contributed by atoms with Crippen molar-refractivity contribution in [1.82, 2.24) is 24.9 Å². The van der Waals surface area contributed by atoms with E-state index < -0.39 is 0 Å². The number of benzene rings is 1. The summed E-state index contributed by atoms with van der Waals surface area (Å²) < 4.78 is 1.86. The third-order valence-electron chi connectivity index (χ3n) is 3.41. The Labute approximate surface area is 128 Å². The molecule has 6 heteroatoms. The molecule has 6 nitrogen and oxygen atoms in total. The van der Waals surface area contributed by atoms with Gasteiger partial charge in [-0.15, -0.1) is 10.2 Å². The van der Waals surface area contributed by atoms with Crippen LogP contribution in [-0.2, 0) is 17.8 Å². The number of hydrogen-bond donors (Lipinski definition) is 1. The number of fused-ring (bicyclic) bond motifs is 1. The van der Waals surface area contributed by atoms with E-state index in [-0.39, 0.29) is 5.91 Å². The first kappa shape index (κ1) is 14.2. The first-order chi connectivity index (χ1) is 10.6. The molecule has 0 spiro atoms. The zero-order chi connectivity index (χ0) is 15.5. The Bertz CT molecular complexity index is 810. The summed E-state index contributed by atoms with van der Waals surface area (Å²) in [4.78, 5) is 16.3. The normalized spacial score (nSPS) is 10.8. The molecule has 112 valence electrons. The van der Waals surface area contributed by atoms with Crippen molar-refractivity contribution < 1.29 is 4.79 Å². The van der Waals surface area contributed by atoms with E-state index >= 15 is 0 Å². The van der Waals surface area contributed by atoms with E-state index in [2.05, 4.69) is 20.5 Å². The molecule has 0 fully saturated rings. The number of hydrogen-bond acceptors (Lipinski definition) is 4. The molecule has 1 aromatic carbocycles. The molecule has 1 amide bonds. The number of carbonyl (C=O) groups excluding carboxylic acids is 1. The molecule has 0 unspecified atom stereocenters. The molecule has 0 radical (unpaired) electrons. The number of aromatic nitrogens is 4. The zero-order valence-electron chi connectivity index (χ0n) is 12.6. The summed E-state index contributed by atoms with van der Waals surface area (Å²) in [5.41, 5.74) is 2.89. The van der Waals surface area contributed by atoms with Crippen LogP contribution in [0.2, 0.25) is 0 Å². The fourth-order valence-corrected chi connectivity index (χ4v) is 2.43. The molecular weight excluding hydrogens is 278 g/mol. The number of aryl methyl sites for hydroxylation is 2. The Morgan fingerprint density at radius 3 is 2.73 bits per heavy atom. The van der Waals surface area contributed by atoms with E-state index in [1.165, 1.54) is 0 Å². The summed E-state index contributed by atoms with van der Waals surface area (Å²) in [6, 6.07) is 11.6. The van der Waals surface area contributed by atoms with E-state index in [0.717, 1.165) is 17.0 Å². The molecule has 3 aromatic rings. The summed E-state index contributed by atoms with van der Waals surface area (Å²) in [5, 5.41) is 11.0. The molecule has 2 aromatic heterocycles. The maximum Gasteiger partial charge on any atom is 0.255 e. The molecule has 0 aliphatic heterocycles. The van der Waals surface area contributed by atoms with Gasteiger partial charge in [0.25, 0.3) is 5.78 Å². The van der Waals surface area contributed by atoms with Gasteiger partial charge >= 0.3 is 0 Å². The van der Waals surface area contributed by atoms with Crippen LogP contribution in [0.4, 0.5) is 0 Å². The Morgan fingerprint density at radius 1 is 1.18 bits per heavy atom. The number of amides is 1. The highest BCUT2D eigenvalue weighted by Crippen LogP contribution is 2.08. The standard InChI is InChI=1S/C16H17N5O/c1-11-8-12(2)21-14(19-20-16(21)18-11)10-17-15(22)9-13-6-4-3-5-7-13/h3-8H,9-10H2,1-2H3,(H,17,22). The van der Waals surface area contributed by atoms with Crippen molar-refractivity contribution in [2.75, 3.05) is 0 Å². The molecule has 0 atom stereocenters. The number of carbonyl (C=O) groups is 1. The fraction of sp³-hybridized carbons (Fsp3) is 0.250.